The fourth-order valence-corrected chi connectivity index (χ4v) is 3.11. The lowest BCUT2D eigenvalue weighted by molar-refractivity contribution is 0.326. The average Bonchev–Trinajstić information content (AvgIpc) is 2.77. The van der Waals surface area contributed by atoms with Gasteiger partial charge in [0.05, 0.1) is 6.61 Å². The Morgan fingerprint density at radius 3 is 3.18 bits per heavy atom. The number of hydrogen-bond acceptors (Lipinski definition) is 5. The average molecular weight is 253 g/mol. The maximum absolute atomic E-state index is 5.37. The number of nitrogens with zero attached hydrogens (tertiary/aromatic N) is 2. The number of thioether (sulfide) groups is 1. The fraction of sp³-hybridized carbons (Fsp3) is 0.667. The van der Waals surface area contributed by atoms with E-state index in [4.69, 9.17) is 4.74 Å². The second-order valence-corrected chi connectivity index (χ2v) is 5.18. The van der Waals surface area contributed by atoms with Gasteiger partial charge in [0.1, 0.15) is 0 Å². The van der Waals surface area contributed by atoms with Crippen molar-refractivity contribution in [1.29, 1.82) is 0 Å². The predicted molar refractivity (Wildman–Crippen MR) is 71.8 cm³/mol. The number of aromatic nitrogens is 2. The molecule has 0 radical (unpaired) electrons. The standard InChI is InChI=1S/C12H19N3OS/c1-3-16-11-7-8-13-12(15-11)14-9-5-4-6-10(9)17-2/h7-10H,3-6H2,1-2H3,(H,13,14,15). The molecule has 1 N–H and O–H groups in total. The quantitative estimate of drug-likeness (QED) is 0.874. The van der Waals surface area contributed by atoms with Gasteiger partial charge in [-0.1, -0.05) is 6.42 Å². The monoisotopic (exact) mass is 253 g/mol. The summed E-state index contributed by atoms with van der Waals surface area (Å²) in [6.45, 7) is 2.59. The Morgan fingerprint density at radius 2 is 2.41 bits per heavy atom. The van der Waals surface area contributed by atoms with E-state index in [1.54, 1.807) is 12.3 Å². The van der Waals surface area contributed by atoms with Gasteiger partial charge in [0.25, 0.3) is 0 Å². The number of nitrogens with one attached hydrogen (secondary N) is 1. The van der Waals surface area contributed by atoms with Gasteiger partial charge in [0.15, 0.2) is 0 Å². The van der Waals surface area contributed by atoms with Crippen molar-refractivity contribution in [3.63, 3.8) is 0 Å². The van der Waals surface area contributed by atoms with E-state index in [9.17, 15) is 0 Å². The lowest BCUT2D eigenvalue weighted by atomic mass is 10.2. The molecule has 2 unspecified atom stereocenters. The summed E-state index contributed by atoms with van der Waals surface area (Å²) in [6, 6.07) is 2.27. The van der Waals surface area contributed by atoms with Crippen molar-refractivity contribution < 1.29 is 4.74 Å². The van der Waals surface area contributed by atoms with Gasteiger partial charge in [0.2, 0.25) is 11.8 Å². The second-order valence-electron chi connectivity index (χ2n) is 4.11. The van der Waals surface area contributed by atoms with Crippen LogP contribution in [0.2, 0.25) is 0 Å². The number of anilines is 1. The van der Waals surface area contributed by atoms with Gasteiger partial charge in [-0.15, -0.1) is 0 Å². The van der Waals surface area contributed by atoms with Crippen LogP contribution in [-0.4, -0.2) is 34.1 Å². The maximum Gasteiger partial charge on any atom is 0.226 e. The first-order valence-electron chi connectivity index (χ1n) is 6.08. The van der Waals surface area contributed by atoms with E-state index >= 15 is 0 Å². The first-order valence-corrected chi connectivity index (χ1v) is 7.37. The van der Waals surface area contributed by atoms with Crippen LogP contribution in [0.25, 0.3) is 0 Å². The highest BCUT2D eigenvalue weighted by atomic mass is 32.2. The van der Waals surface area contributed by atoms with Crippen molar-refractivity contribution in [2.75, 3.05) is 18.2 Å². The lowest BCUT2D eigenvalue weighted by Gasteiger charge is -2.19. The van der Waals surface area contributed by atoms with E-state index < -0.39 is 0 Å². The minimum Gasteiger partial charge on any atom is -0.478 e. The molecule has 5 heteroatoms. The van der Waals surface area contributed by atoms with Gasteiger partial charge in [-0.2, -0.15) is 16.7 Å². The number of rotatable bonds is 5. The van der Waals surface area contributed by atoms with Crippen LogP contribution < -0.4 is 10.1 Å². The van der Waals surface area contributed by atoms with E-state index in [0.717, 1.165) is 0 Å². The molecule has 1 heterocycles. The molecule has 4 nitrogen and oxygen atoms in total. The molecule has 1 aromatic heterocycles. The zero-order valence-corrected chi connectivity index (χ0v) is 11.2. The maximum atomic E-state index is 5.37. The number of ether oxygens (including phenoxy) is 1. The molecule has 0 bridgehead atoms. The topological polar surface area (TPSA) is 47.0 Å². The molecular weight excluding hydrogens is 234 g/mol. The first kappa shape index (κ1) is 12.5. The lowest BCUT2D eigenvalue weighted by Crippen LogP contribution is -2.26. The molecule has 2 atom stereocenters. The molecular formula is C12H19N3OS. The van der Waals surface area contributed by atoms with Gasteiger partial charge in [-0.05, 0) is 26.0 Å². The molecule has 1 saturated carbocycles. The predicted octanol–water partition coefficient (Wildman–Crippen LogP) is 2.57. The third-order valence-electron chi connectivity index (χ3n) is 2.99. The zero-order chi connectivity index (χ0) is 12.1. The molecule has 2 rings (SSSR count). The highest BCUT2D eigenvalue weighted by molar-refractivity contribution is 7.99. The molecule has 0 saturated heterocycles. The molecule has 0 amide bonds. The van der Waals surface area contributed by atoms with Gasteiger partial charge >= 0.3 is 0 Å². The molecule has 17 heavy (non-hydrogen) atoms. The van der Waals surface area contributed by atoms with E-state index in [1.165, 1.54) is 19.3 Å². The Morgan fingerprint density at radius 1 is 1.53 bits per heavy atom. The molecule has 1 aliphatic rings. The van der Waals surface area contributed by atoms with E-state index in [2.05, 4.69) is 21.5 Å². The third-order valence-corrected chi connectivity index (χ3v) is 4.16. The van der Waals surface area contributed by atoms with Gasteiger partial charge in [0, 0.05) is 23.6 Å². The molecule has 0 spiro atoms. The fourth-order valence-electron chi connectivity index (χ4n) is 2.18. The van der Waals surface area contributed by atoms with Crippen LogP contribution in [0.1, 0.15) is 26.2 Å². The Labute approximate surface area is 107 Å². The number of hydrogen-bond donors (Lipinski definition) is 1. The molecule has 1 aromatic rings. The van der Waals surface area contributed by atoms with E-state index in [-0.39, 0.29) is 0 Å². The second kappa shape index (κ2) is 6.10. The SMILES string of the molecule is CCOc1ccnc(NC2CCCC2SC)n1. The van der Waals surface area contributed by atoms with Gasteiger partial charge in [-0.25, -0.2) is 4.98 Å². The summed E-state index contributed by atoms with van der Waals surface area (Å²) < 4.78 is 5.37. The van der Waals surface area contributed by atoms with Crippen LogP contribution in [0.15, 0.2) is 12.3 Å². The summed E-state index contributed by atoms with van der Waals surface area (Å²) in [5, 5.41) is 4.09. The highest BCUT2D eigenvalue weighted by Gasteiger charge is 2.26. The third kappa shape index (κ3) is 3.25. The Balaban J connectivity index is 2.00. The zero-order valence-electron chi connectivity index (χ0n) is 10.3. The van der Waals surface area contributed by atoms with Crippen LogP contribution in [0.3, 0.4) is 0 Å². The molecule has 1 aliphatic carbocycles. The Kier molecular flexibility index (Phi) is 4.48. The highest BCUT2D eigenvalue weighted by Crippen LogP contribution is 2.30. The van der Waals surface area contributed by atoms with Crippen molar-refractivity contribution in [2.24, 2.45) is 0 Å². The summed E-state index contributed by atoms with van der Waals surface area (Å²) in [4.78, 5) is 8.58. The van der Waals surface area contributed by atoms with Gasteiger partial charge < -0.3 is 10.1 Å². The molecule has 1 fully saturated rings. The van der Waals surface area contributed by atoms with Crippen molar-refractivity contribution in [2.45, 2.75) is 37.5 Å². The minimum absolute atomic E-state index is 0.488. The molecule has 0 aliphatic heterocycles. The first-order chi connectivity index (χ1) is 8.33. The van der Waals surface area contributed by atoms with Crippen molar-refractivity contribution in [3.8, 4) is 5.88 Å². The molecule has 94 valence electrons. The Bertz CT molecular complexity index is 361. The normalized spacial score (nSPS) is 23.6. The van der Waals surface area contributed by atoms with Crippen molar-refractivity contribution >= 4 is 17.7 Å². The Hall–Kier alpha value is -0.970. The summed E-state index contributed by atoms with van der Waals surface area (Å²) in [5.74, 6) is 1.32. The minimum atomic E-state index is 0.488. The summed E-state index contributed by atoms with van der Waals surface area (Å²) >= 11 is 1.92. The van der Waals surface area contributed by atoms with Crippen molar-refractivity contribution in [1.82, 2.24) is 9.97 Å². The van der Waals surface area contributed by atoms with Crippen LogP contribution in [0.4, 0.5) is 5.95 Å². The summed E-state index contributed by atoms with van der Waals surface area (Å²) in [5.41, 5.74) is 0. The smallest absolute Gasteiger partial charge is 0.226 e. The largest absolute Gasteiger partial charge is 0.478 e. The van der Waals surface area contributed by atoms with E-state index in [1.807, 2.05) is 18.7 Å². The molecule has 0 aromatic carbocycles. The van der Waals surface area contributed by atoms with Crippen LogP contribution in [0, 0.1) is 0 Å². The summed E-state index contributed by atoms with van der Waals surface area (Å²) in [7, 11) is 0. The summed E-state index contributed by atoms with van der Waals surface area (Å²) in [6.07, 6.45) is 7.68. The van der Waals surface area contributed by atoms with E-state index in [0.29, 0.717) is 29.7 Å². The van der Waals surface area contributed by atoms with Crippen LogP contribution in [-0.2, 0) is 0 Å². The van der Waals surface area contributed by atoms with Crippen LogP contribution in [0.5, 0.6) is 5.88 Å². The van der Waals surface area contributed by atoms with Crippen LogP contribution >= 0.6 is 11.8 Å². The van der Waals surface area contributed by atoms with Crippen molar-refractivity contribution in [3.05, 3.63) is 12.3 Å². The van der Waals surface area contributed by atoms with Gasteiger partial charge in [-0.3, -0.25) is 0 Å².